The van der Waals surface area contributed by atoms with Crippen molar-refractivity contribution >= 4 is 12.0 Å². The van der Waals surface area contributed by atoms with E-state index >= 15 is 0 Å². The average molecular weight is 388 g/mol. The van der Waals surface area contributed by atoms with Crippen LogP contribution in [0.4, 0.5) is 0 Å². The standard InChI is InChI=1S/C23H24N4O2/c1-25-23(29)27(20-10-6-3-7-11-20)22(24-25)19-14-16-26(17-15-19)21(28)13-12-18-8-4-2-5-9-18/h2-13,19H,14-17H2,1H3/b13-12+. The number of aryl methyl sites for hydroxylation is 1. The Balaban J connectivity index is 1.47. The molecule has 3 aromatic rings. The number of likely N-dealkylation sites (tertiary alicyclic amines) is 1. The second-order valence-corrected chi connectivity index (χ2v) is 7.28. The molecule has 0 aliphatic carbocycles. The van der Waals surface area contributed by atoms with Gasteiger partial charge in [0.2, 0.25) is 5.91 Å². The van der Waals surface area contributed by atoms with Gasteiger partial charge in [-0.2, -0.15) is 5.10 Å². The van der Waals surface area contributed by atoms with E-state index in [9.17, 15) is 9.59 Å². The van der Waals surface area contributed by atoms with Gasteiger partial charge in [0.1, 0.15) is 5.82 Å². The van der Waals surface area contributed by atoms with Crippen LogP contribution in [0.1, 0.15) is 30.1 Å². The highest BCUT2D eigenvalue weighted by Crippen LogP contribution is 2.27. The lowest BCUT2D eigenvalue weighted by atomic mass is 9.95. The molecule has 29 heavy (non-hydrogen) atoms. The molecule has 6 nitrogen and oxygen atoms in total. The number of carbonyl (C=O) groups is 1. The maximum absolute atomic E-state index is 12.6. The topological polar surface area (TPSA) is 60.1 Å². The Bertz CT molecular complexity index is 1060. The van der Waals surface area contributed by atoms with Crippen molar-refractivity contribution in [3.8, 4) is 5.69 Å². The molecule has 148 valence electrons. The van der Waals surface area contributed by atoms with Crippen molar-refractivity contribution in [2.45, 2.75) is 18.8 Å². The van der Waals surface area contributed by atoms with Gasteiger partial charge >= 0.3 is 5.69 Å². The van der Waals surface area contributed by atoms with Gasteiger partial charge in [0.05, 0.1) is 5.69 Å². The van der Waals surface area contributed by atoms with E-state index in [-0.39, 0.29) is 17.5 Å². The van der Waals surface area contributed by atoms with Crippen molar-refractivity contribution < 1.29 is 4.79 Å². The van der Waals surface area contributed by atoms with E-state index in [0.29, 0.717) is 13.1 Å². The molecule has 0 radical (unpaired) electrons. The van der Waals surface area contributed by atoms with Crippen LogP contribution >= 0.6 is 0 Å². The zero-order chi connectivity index (χ0) is 20.2. The van der Waals surface area contributed by atoms with Crippen LogP contribution in [0.3, 0.4) is 0 Å². The summed E-state index contributed by atoms with van der Waals surface area (Å²) in [5, 5.41) is 4.51. The van der Waals surface area contributed by atoms with Crippen molar-refractivity contribution in [3.63, 3.8) is 0 Å². The fraction of sp³-hybridized carbons (Fsp3) is 0.261. The number of hydrogen-bond donors (Lipinski definition) is 0. The fourth-order valence-corrected chi connectivity index (χ4v) is 3.76. The number of amides is 1. The monoisotopic (exact) mass is 388 g/mol. The molecule has 0 saturated carbocycles. The molecule has 1 aromatic heterocycles. The van der Waals surface area contributed by atoms with E-state index in [4.69, 9.17) is 0 Å². The predicted octanol–water partition coefficient (Wildman–Crippen LogP) is 2.99. The first kappa shape index (κ1) is 18.9. The maximum atomic E-state index is 12.6. The van der Waals surface area contributed by atoms with Gasteiger partial charge in [-0.3, -0.25) is 4.79 Å². The smallest absolute Gasteiger partial charge is 0.339 e. The predicted molar refractivity (Wildman–Crippen MR) is 113 cm³/mol. The zero-order valence-electron chi connectivity index (χ0n) is 16.4. The van der Waals surface area contributed by atoms with Gasteiger partial charge < -0.3 is 4.90 Å². The molecule has 0 bridgehead atoms. The molecule has 0 atom stereocenters. The zero-order valence-corrected chi connectivity index (χ0v) is 16.4. The Kier molecular flexibility index (Phi) is 5.42. The molecule has 2 aromatic carbocycles. The highest BCUT2D eigenvalue weighted by atomic mass is 16.2. The number of para-hydroxylation sites is 1. The van der Waals surface area contributed by atoms with Gasteiger partial charge in [0.25, 0.3) is 0 Å². The number of rotatable bonds is 4. The van der Waals surface area contributed by atoms with Crippen molar-refractivity contribution in [1.29, 1.82) is 0 Å². The summed E-state index contributed by atoms with van der Waals surface area (Å²) in [5.74, 6) is 0.940. The van der Waals surface area contributed by atoms with Crippen molar-refractivity contribution in [2.24, 2.45) is 7.05 Å². The lowest BCUT2D eigenvalue weighted by Gasteiger charge is -2.30. The molecule has 1 aliphatic rings. The summed E-state index contributed by atoms with van der Waals surface area (Å²) in [5.41, 5.74) is 1.69. The molecule has 4 rings (SSSR count). The van der Waals surface area contributed by atoms with Crippen LogP contribution in [0.15, 0.2) is 71.5 Å². The summed E-state index contributed by atoms with van der Waals surface area (Å²) in [6, 6.07) is 19.4. The number of aromatic nitrogens is 3. The highest BCUT2D eigenvalue weighted by molar-refractivity contribution is 5.91. The Morgan fingerprint density at radius 3 is 2.28 bits per heavy atom. The molecule has 0 spiro atoms. The lowest BCUT2D eigenvalue weighted by Crippen LogP contribution is -2.37. The molecular formula is C23H24N4O2. The third-order valence-corrected chi connectivity index (χ3v) is 5.35. The molecule has 0 unspecified atom stereocenters. The summed E-state index contributed by atoms with van der Waals surface area (Å²) < 4.78 is 3.08. The van der Waals surface area contributed by atoms with E-state index < -0.39 is 0 Å². The van der Waals surface area contributed by atoms with Crippen molar-refractivity contribution in [2.75, 3.05) is 13.1 Å². The molecule has 1 amide bonds. The van der Waals surface area contributed by atoms with Gasteiger partial charge in [-0.1, -0.05) is 48.5 Å². The van der Waals surface area contributed by atoms with Crippen molar-refractivity contribution in [3.05, 3.63) is 88.6 Å². The summed E-state index contributed by atoms with van der Waals surface area (Å²) in [7, 11) is 1.68. The first-order valence-corrected chi connectivity index (χ1v) is 9.87. The van der Waals surface area contributed by atoms with Crippen LogP contribution in [-0.2, 0) is 11.8 Å². The Morgan fingerprint density at radius 1 is 1.00 bits per heavy atom. The van der Waals surface area contributed by atoms with Crippen LogP contribution in [0.2, 0.25) is 0 Å². The van der Waals surface area contributed by atoms with Crippen LogP contribution < -0.4 is 5.69 Å². The summed E-state index contributed by atoms with van der Waals surface area (Å²) in [6.45, 7) is 1.31. The molecule has 0 N–H and O–H groups in total. The minimum absolute atomic E-state index is 0.0220. The number of carbonyl (C=O) groups excluding carboxylic acids is 1. The van der Waals surface area contributed by atoms with Crippen molar-refractivity contribution in [1.82, 2.24) is 19.2 Å². The number of nitrogens with zero attached hydrogens (tertiary/aromatic N) is 4. The molecule has 1 aliphatic heterocycles. The van der Waals surface area contributed by atoms with E-state index in [2.05, 4.69) is 5.10 Å². The SMILES string of the molecule is Cn1nc(C2CCN(C(=O)/C=C/c3ccccc3)CC2)n(-c2ccccc2)c1=O. The highest BCUT2D eigenvalue weighted by Gasteiger charge is 2.28. The second-order valence-electron chi connectivity index (χ2n) is 7.28. The molecule has 1 fully saturated rings. The van der Waals surface area contributed by atoms with Gasteiger partial charge in [-0.05, 0) is 36.6 Å². The molecular weight excluding hydrogens is 364 g/mol. The first-order chi connectivity index (χ1) is 14.1. The van der Waals surface area contributed by atoms with Gasteiger partial charge in [0, 0.05) is 32.1 Å². The quantitative estimate of drug-likeness (QED) is 0.646. The van der Waals surface area contributed by atoms with Crippen LogP contribution in [0, 0.1) is 0 Å². The Hall–Kier alpha value is -3.41. The largest absolute Gasteiger partial charge is 0.350 e. The third kappa shape index (κ3) is 4.06. The maximum Gasteiger partial charge on any atom is 0.350 e. The van der Waals surface area contributed by atoms with Gasteiger partial charge in [0.15, 0.2) is 0 Å². The van der Waals surface area contributed by atoms with E-state index in [1.807, 2.05) is 71.6 Å². The van der Waals surface area contributed by atoms with Gasteiger partial charge in [-0.15, -0.1) is 0 Å². The summed E-state index contributed by atoms with van der Waals surface area (Å²) in [4.78, 5) is 27.0. The number of benzene rings is 2. The first-order valence-electron chi connectivity index (χ1n) is 9.87. The summed E-state index contributed by atoms with van der Waals surface area (Å²) >= 11 is 0. The van der Waals surface area contributed by atoms with E-state index in [1.165, 1.54) is 4.68 Å². The number of piperidine rings is 1. The lowest BCUT2D eigenvalue weighted by molar-refractivity contribution is -0.127. The van der Waals surface area contributed by atoms with Crippen LogP contribution in [0.5, 0.6) is 0 Å². The van der Waals surface area contributed by atoms with E-state index in [1.54, 1.807) is 17.7 Å². The molecule has 1 saturated heterocycles. The Morgan fingerprint density at radius 2 is 1.62 bits per heavy atom. The second kappa shape index (κ2) is 8.31. The number of hydrogen-bond acceptors (Lipinski definition) is 3. The molecule has 6 heteroatoms. The third-order valence-electron chi connectivity index (χ3n) is 5.35. The summed E-state index contributed by atoms with van der Waals surface area (Å²) in [6.07, 6.45) is 5.05. The normalized spacial score (nSPS) is 15.1. The van der Waals surface area contributed by atoms with Crippen LogP contribution in [-0.4, -0.2) is 38.2 Å². The van der Waals surface area contributed by atoms with E-state index in [0.717, 1.165) is 29.9 Å². The molecule has 2 heterocycles. The van der Waals surface area contributed by atoms with Gasteiger partial charge in [-0.25, -0.2) is 14.0 Å². The van der Waals surface area contributed by atoms with Crippen LogP contribution in [0.25, 0.3) is 11.8 Å². The fourth-order valence-electron chi connectivity index (χ4n) is 3.76. The minimum Gasteiger partial charge on any atom is -0.339 e. The Labute approximate surface area is 169 Å². The minimum atomic E-state index is -0.143. The average Bonchev–Trinajstić information content (AvgIpc) is 3.08.